The predicted molar refractivity (Wildman–Crippen MR) is 104 cm³/mol. The molecule has 1 saturated carbocycles. The van der Waals surface area contributed by atoms with Gasteiger partial charge in [-0.1, -0.05) is 18.2 Å². The fourth-order valence-electron chi connectivity index (χ4n) is 4.80. The van der Waals surface area contributed by atoms with E-state index in [2.05, 4.69) is 0 Å². The van der Waals surface area contributed by atoms with Crippen LogP contribution in [0, 0.1) is 0 Å². The SMILES string of the molecule is O=C(CC1(c2cccc(C(F)(F)F)c2)CC(=O)N(C2CC2)C1=O)N1CCCCC1CO. The van der Waals surface area contributed by atoms with E-state index in [1.165, 1.54) is 17.0 Å². The van der Waals surface area contributed by atoms with Crippen LogP contribution in [0.5, 0.6) is 0 Å². The van der Waals surface area contributed by atoms with Gasteiger partial charge in [0.15, 0.2) is 0 Å². The standard InChI is InChI=1S/C22H25F3N2O4/c23-22(24,25)15-5-3-4-14(10-15)21(12-19(30)27(20(21)31)16-7-8-16)11-18(29)26-9-2-1-6-17(26)13-28/h3-5,10,16-17,28H,1-2,6-9,11-13H2. The van der Waals surface area contributed by atoms with Crippen molar-refractivity contribution in [1.82, 2.24) is 9.80 Å². The minimum Gasteiger partial charge on any atom is -0.394 e. The number of imide groups is 1. The summed E-state index contributed by atoms with van der Waals surface area (Å²) in [7, 11) is 0. The molecule has 31 heavy (non-hydrogen) atoms. The minimum atomic E-state index is -4.61. The molecule has 3 fully saturated rings. The van der Waals surface area contributed by atoms with Gasteiger partial charge >= 0.3 is 6.18 Å². The molecule has 168 valence electrons. The fourth-order valence-corrected chi connectivity index (χ4v) is 4.80. The maximum atomic E-state index is 13.5. The van der Waals surface area contributed by atoms with Gasteiger partial charge in [-0.15, -0.1) is 0 Å². The van der Waals surface area contributed by atoms with E-state index in [9.17, 15) is 32.7 Å². The van der Waals surface area contributed by atoms with Gasteiger partial charge in [-0.05, 0) is 43.7 Å². The van der Waals surface area contributed by atoms with Gasteiger partial charge in [-0.3, -0.25) is 19.3 Å². The smallest absolute Gasteiger partial charge is 0.394 e. The van der Waals surface area contributed by atoms with Gasteiger partial charge in [0.25, 0.3) is 0 Å². The summed E-state index contributed by atoms with van der Waals surface area (Å²) in [5.74, 6) is -1.46. The molecule has 1 aliphatic carbocycles. The lowest BCUT2D eigenvalue weighted by atomic mass is 9.75. The number of alkyl halides is 3. The number of benzene rings is 1. The number of hydrogen-bond acceptors (Lipinski definition) is 4. The third-order valence-electron chi connectivity index (χ3n) is 6.62. The number of likely N-dealkylation sites (tertiary alicyclic amines) is 2. The van der Waals surface area contributed by atoms with Crippen LogP contribution in [0.4, 0.5) is 13.2 Å². The Bertz CT molecular complexity index is 899. The number of nitrogens with zero attached hydrogens (tertiary/aromatic N) is 2. The monoisotopic (exact) mass is 438 g/mol. The molecule has 2 unspecified atom stereocenters. The highest BCUT2D eigenvalue weighted by atomic mass is 19.4. The van der Waals surface area contributed by atoms with E-state index in [1.54, 1.807) is 0 Å². The summed E-state index contributed by atoms with van der Waals surface area (Å²) < 4.78 is 40.1. The molecule has 0 bridgehead atoms. The molecule has 0 aromatic heterocycles. The zero-order valence-electron chi connectivity index (χ0n) is 17.0. The van der Waals surface area contributed by atoms with Crippen LogP contribution in [0.25, 0.3) is 0 Å². The lowest BCUT2D eigenvalue weighted by molar-refractivity contribution is -0.144. The second kappa shape index (κ2) is 7.93. The Morgan fingerprint density at radius 1 is 1.16 bits per heavy atom. The topological polar surface area (TPSA) is 77.9 Å². The molecular weight excluding hydrogens is 413 g/mol. The molecule has 0 spiro atoms. The van der Waals surface area contributed by atoms with Gasteiger partial charge in [0, 0.05) is 25.4 Å². The van der Waals surface area contributed by atoms with Crippen molar-refractivity contribution in [2.45, 2.75) is 68.6 Å². The van der Waals surface area contributed by atoms with E-state index in [1.807, 2.05) is 0 Å². The Kier molecular flexibility index (Phi) is 5.57. The normalized spacial score (nSPS) is 27.2. The molecule has 2 aliphatic heterocycles. The number of aliphatic hydroxyl groups excluding tert-OH is 1. The molecule has 6 nitrogen and oxygen atoms in total. The molecule has 4 rings (SSSR count). The predicted octanol–water partition coefficient (Wildman–Crippen LogP) is 2.63. The Morgan fingerprint density at radius 2 is 1.90 bits per heavy atom. The van der Waals surface area contributed by atoms with Crippen molar-refractivity contribution in [2.24, 2.45) is 0 Å². The third-order valence-corrected chi connectivity index (χ3v) is 6.62. The highest BCUT2D eigenvalue weighted by molar-refractivity contribution is 6.11. The fraction of sp³-hybridized carbons (Fsp3) is 0.591. The number of aliphatic hydroxyl groups is 1. The molecule has 9 heteroatoms. The number of rotatable bonds is 5. The van der Waals surface area contributed by atoms with E-state index in [0.29, 0.717) is 25.8 Å². The molecule has 2 atom stereocenters. The lowest BCUT2D eigenvalue weighted by Gasteiger charge is -2.37. The van der Waals surface area contributed by atoms with Gasteiger partial charge in [-0.2, -0.15) is 13.2 Å². The Labute approximate surface area is 178 Å². The van der Waals surface area contributed by atoms with Gasteiger partial charge in [-0.25, -0.2) is 0 Å². The minimum absolute atomic E-state index is 0.0368. The summed E-state index contributed by atoms with van der Waals surface area (Å²) in [6.45, 7) is 0.195. The second-order valence-corrected chi connectivity index (χ2v) is 8.73. The molecule has 1 N–H and O–H groups in total. The van der Waals surface area contributed by atoms with E-state index in [-0.39, 0.29) is 30.7 Å². The first kappa shape index (κ1) is 21.8. The molecule has 1 aromatic rings. The maximum absolute atomic E-state index is 13.5. The third kappa shape index (κ3) is 3.95. The number of amides is 3. The first-order chi connectivity index (χ1) is 14.7. The van der Waals surface area contributed by atoms with Crippen LogP contribution in [0.1, 0.15) is 56.1 Å². The zero-order valence-corrected chi connectivity index (χ0v) is 17.0. The summed E-state index contributed by atoms with van der Waals surface area (Å²) in [4.78, 5) is 42.1. The summed E-state index contributed by atoms with van der Waals surface area (Å²) in [5.41, 5.74) is -2.54. The number of halogens is 3. The Hall–Kier alpha value is -2.42. The summed E-state index contributed by atoms with van der Waals surface area (Å²) in [6.07, 6.45) is -1.75. The van der Waals surface area contributed by atoms with Crippen LogP contribution in [-0.2, 0) is 26.0 Å². The maximum Gasteiger partial charge on any atom is 0.416 e. The average Bonchev–Trinajstić information content (AvgIpc) is 3.53. The van der Waals surface area contributed by atoms with E-state index >= 15 is 0 Å². The molecule has 1 aromatic carbocycles. The first-order valence-electron chi connectivity index (χ1n) is 10.6. The molecule has 3 aliphatic rings. The van der Waals surface area contributed by atoms with Gasteiger partial charge in [0.1, 0.15) is 0 Å². The van der Waals surface area contributed by atoms with Gasteiger partial charge in [0.05, 0.1) is 23.6 Å². The van der Waals surface area contributed by atoms with Crippen molar-refractivity contribution in [3.05, 3.63) is 35.4 Å². The van der Waals surface area contributed by atoms with Gasteiger partial charge in [0.2, 0.25) is 17.7 Å². The van der Waals surface area contributed by atoms with Crippen molar-refractivity contribution >= 4 is 17.7 Å². The largest absolute Gasteiger partial charge is 0.416 e. The summed E-state index contributed by atoms with van der Waals surface area (Å²) in [6, 6.07) is 3.78. The molecule has 2 heterocycles. The molecule has 2 saturated heterocycles. The molecule has 0 radical (unpaired) electrons. The summed E-state index contributed by atoms with van der Waals surface area (Å²) in [5, 5.41) is 9.65. The lowest BCUT2D eigenvalue weighted by Crippen LogP contribution is -2.49. The number of hydrogen-bond donors (Lipinski definition) is 1. The first-order valence-corrected chi connectivity index (χ1v) is 10.6. The van der Waals surface area contributed by atoms with Crippen LogP contribution in [0.15, 0.2) is 24.3 Å². The van der Waals surface area contributed by atoms with Crippen LogP contribution in [0.3, 0.4) is 0 Å². The number of carbonyl (C=O) groups excluding carboxylic acids is 3. The van der Waals surface area contributed by atoms with E-state index in [4.69, 9.17) is 0 Å². The van der Waals surface area contributed by atoms with Crippen LogP contribution in [0.2, 0.25) is 0 Å². The quantitative estimate of drug-likeness (QED) is 0.717. The number of carbonyl (C=O) groups is 3. The second-order valence-electron chi connectivity index (χ2n) is 8.73. The van der Waals surface area contributed by atoms with Crippen molar-refractivity contribution in [3.63, 3.8) is 0 Å². The molecular formula is C22H25F3N2O4. The van der Waals surface area contributed by atoms with Crippen LogP contribution in [-0.4, -0.2) is 57.9 Å². The van der Waals surface area contributed by atoms with Crippen molar-refractivity contribution in [2.75, 3.05) is 13.2 Å². The number of piperidine rings is 1. The van der Waals surface area contributed by atoms with Crippen molar-refractivity contribution in [1.29, 1.82) is 0 Å². The van der Waals surface area contributed by atoms with E-state index in [0.717, 1.165) is 29.9 Å². The van der Waals surface area contributed by atoms with Crippen molar-refractivity contribution < 1.29 is 32.7 Å². The van der Waals surface area contributed by atoms with Crippen molar-refractivity contribution in [3.8, 4) is 0 Å². The highest BCUT2D eigenvalue weighted by Gasteiger charge is 2.57. The summed E-state index contributed by atoms with van der Waals surface area (Å²) >= 11 is 0. The van der Waals surface area contributed by atoms with E-state index < -0.39 is 41.3 Å². The Balaban J connectivity index is 1.73. The van der Waals surface area contributed by atoms with Crippen LogP contribution >= 0.6 is 0 Å². The Morgan fingerprint density at radius 3 is 2.55 bits per heavy atom. The molecule has 3 amide bonds. The van der Waals surface area contributed by atoms with Crippen LogP contribution < -0.4 is 0 Å². The average molecular weight is 438 g/mol. The zero-order chi connectivity index (χ0) is 22.4. The highest BCUT2D eigenvalue weighted by Crippen LogP contribution is 2.45. The van der Waals surface area contributed by atoms with Gasteiger partial charge < -0.3 is 10.0 Å².